The van der Waals surface area contributed by atoms with Crippen molar-refractivity contribution in [3.63, 3.8) is 0 Å². The molecule has 2 aromatic rings. The first-order chi connectivity index (χ1) is 14.0. The zero-order valence-electron chi connectivity index (χ0n) is 17.1. The van der Waals surface area contributed by atoms with Crippen LogP contribution in [-0.4, -0.2) is 60.2 Å². The van der Waals surface area contributed by atoms with Gasteiger partial charge >= 0.3 is 0 Å². The van der Waals surface area contributed by atoms with Gasteiger partial charge in [-0.15, -0.1) is 0 Å². The summed E-state index contributed by atoms with van der Waals surface area (Å²) in [6.45, 7) is 3.92. The quantitative estimate of drug-likeness (QED) is 0.639. The van der Waals surface area contributed by atoms with Crippen LogP contribution in [0.3, 0.4) is 0 Å². The lowest BCUT2D eigenvalue weighted by atomic mass is 10.00. The molecule has 3 rings (SSSR count). The highest BCUT2D eigenvalue weighted by molar-refractivity contribution is 5.73. The Hall–Kier alpha value is -2.41. The summed E-state index contributed by atoms with van der Waals surface area (Å²) in [5, 5.41) is 10.5. The number of amides is 1. The molecule has 3 N–H and O–H groups in total. The van der Waals surface area contributed by atoms with Crippen LogP contribution in [0.1, 0.15) is 23.1 Å². The van der Waals surface area contributed by atoms with Gasteiger partial charge in [0.25, 0.3) is 0 Å². The van der Waals surface area contributed by atoms with E-state index in [2.05, 4.69) is 29.2 Å². The molecule has 0 fully saturated rings. The number of β-amino-alcohol motifs (C(OH)–C–C–N with tert-alkyl or cyclic N) is 1. The average molecular weight is 398 g/mol. The summed E-state index contributed by atoms with van der Waals surface area (Å²) in [5.74, 6) is 0.464. The van der Waals surface area contributed by atoms with Crippen LogP contribution >= 0.6 is 0 Å². The zero-order chi connectivity index (χ0) is 20.6. The minimum Gasteiger partial charge on any atom is -0.491 e. The number of hydrogen-bond acceptors (Lipinski definition) is 5. The van der Waals surface area contributed by atoms with E-state index in [0.29, 0.717) is 26.1 Å². The number of para-hydroxylation sites is 1. The second-order valence-corrected chi connectivity index (χ2v) is 7.78. The summed E-state index contributed by atoms with van der Waals surface area (Å²) in [5.41, 5.74) is 9.00. The number of hydrogen-bond donors (Lipinski definition) is 2. The molecule has 6 nitrogen and oxygen atoms in total. The molecular weight excluding hydrogens is 366 g/mol. The first kappa shape index (κ1) is 21.3. The number of ether oxygens (including phenoxy) is 1. The van der Waals surface area contributed by atoms with E-state index >= 15 is 0 Å². The fourth-order valence-corrected chi connectivity index (χ4v) is 3.69. The number of nitrogens with two attached hydrogens (primary N) is 1. The molecule has 0 unspecified atom stereocenters. The van der Waals surface area contributed by atoms with E-state index in [-0.39, 0.29) is 12.5 Å². The van der Waals surface area contributed by atoms with Gasteiger partial charge in [0.15, 0.2) is 0 Å². The maximum Gasteiger partial charge on any atom is 0.218 e. The van der Waals surface area contributed by atoms with Gasteiger partial charge in [-0.2, -0.15) is 0 Å². The molecule has 0 spiro atoms. The van der Waals surface area contributed by atoms with Crippen molar-refractivity contribution in [2.45, 2.75) is 32.0 Å². The second-order valence-electron chi connectivity index (χ2n) is 7.78. The van der Waals surface area contributed by atoms with Crippen LogP contribution in [0, 0.1) is 0 Å². The van der Waals surface area contributed by atoms with E-state index in [1.807, 2.05) is 36.2 Å². The molecule has 29 heavy (non-hydrogen) atoms. The summed E-state index contributed by atoms with van der Waals surface area (Å²) >= 11 is 0. The van der Waals surface area contributed by atoms with Gasteiger partial charge in [-0.05, 0) is 30.7 Å². The smallest absolute Gasteiger partial charge is 0.218 e. The van der Waals surface area contributed by atoms with E-state index in [1.54, 1.807) is 0 Å². The SMILES string of the molecule is CN(CCC(N)=O)Cc1ccccc1OC[C@@H](O)CN1CCc2ccccc2C1. The lowest BCUT2D eigenvalue weighted by Gasteiger charge is -2.30. The Labute approximate surface area is 172 Å². The largest absolute Gasteiger partial charge is 0.491 e. The number of nitrogens with zero attached hydrogens (tertiary/aromatic N) is 2. The molecule has 1 amide bonds. The number of rotatable bonds is 10. The predicted octanol–water partition coefficient (Wildman–Crippen LogP) is 1.79. The Morgan fingerprint density at radius 3 is 2.72 bits per heavy atom. The monoisotopic (exact) mass is 397 g/mol. The standard InChI is InChI=1S/C23H31N3O3/c1-25(12-11-23(24)28)14-20-8-4-5-9-22(20)29-17-21(27)16-26-13-10-18-6-2-3-7-19(18)15-26/h2-9,21,27H,10-17H2,1H3,(H2,24,28)/t21-/m0/s1. The second kappa shape index (κ2) is 10.4. The number of aliphatic hydroxyl groups is 1. The Balaban J connectivity index is 1.49. The topological polar surface area (TPSA) is 79.0 Å². The van der Waals surface area contributed by atoms with Crippen molar-refractivity contribution < 1.29 is 14.6 Å². The highest BCUT2D eigenvalue weighted by atomic mass is 16.5. The molecule has 0 aliphatic carbocycles. The van der Waals surface area contributed by atoms with Crippen LogP contribution < -0.4 is 10.5 Å². The molecule has 2 aromatic carbocycles. The minimum absolute atomic E-state index is 0.250. The molecule has 0 aromatic heterocycles. The van der Waals surface area contributed by atoms with Crippen molar-refractivity contribution in [2.24, 2.45) is 5.73 Å². The third-order valence-electron chi connectivity index (χ3n) is 5.26. The molecule has 1 heterocycles. The highest BCUT2D eigenvalue weighted by Gasteiger charge is 2.19. The van der Waals surface area contributed by atoms with Crippen LogP contribution in [-0.2, 0) is 24.3 Å². The fraction of sp³-hybridized carbons (Fsp3) is 0.435. The van der Waals surface area contributed by atoms with Gasteiger partial charge < -0.3 is 20.5 Å². The van der Waals surface area contributed by atoms with Crippen LogP contribution in [0.4, 0.5) is 0 Å². The molecule has 0 bridgehead atoms. The predicted molar refractivity (Wildman–Crippen MR) is 114 cm³/mol. The Morgan fingerprint density at radius 1 is 1.21 bits per heavy atom. The molecule has 0 saturated heterocycles. The average Bonchev–Trinajstić information content (AvgIpc) is 2.71. The Bertz CT molecular complexity index is 811. The van der Waals surface area contributed by atoms with Crippen molar-refractivity contribution in [3.8, 4) is 5.75 Å². The van der Waals surface area contributed by atoms with E-state index in [1.165, 1.54) is 11.1 Å². The van der Waals surface area contributed by atoms with Crippen molar-refractivity contribution in [1.82, 2.24) is 9.80 Å². The summed E-state index contributed by atoms with van der Waals surface area (Å²) < 4.78 is 5.94. The van der Waals surface area contributed by atoms with Gasteiger partial charge in [-0.3, -0.25) is 9.69 Å². The molecule has 6 heteroatoms. The first-order valence-corrected chi connectivity index (χ1v) is 10.2. The third-order valence-corrected chi connectivity index (χ3v) is 5.26. The summed E-state index contributed by atoms with van der Waals surface area (Å²) in [4.78, 5) is 15.3. The first-order valence-electron chi connectivity index (χ1n) is 10.2. The van der Waals surface area contributed by atoms with E-state index in [9.17, 15) is 9.90 Å². The van der Waals surface area contributed by atoms with Gasteiger partial charge in [-0.25, -0.2) is 0 Å². The van der Waals surface area contributed by atoms with Gasteiger partial charge in [-0.1, -0.05) is 42.5 Å². The fourth-order valence-electron chi connectivity index (χ4n) is 3.69. The van der Waals surface area contributed by atoms with Crippen LogP contribution in [0.25, 0.3) is 0 Å². The number of carbonyl (C=O) groups excluding carboxylic acids is 1. The molecule has 0 radical (unpaired) electrons. The van der Waals surface area contributed by atoms with Gasteiger partial charge in [0.05, 0.1) is 0 Å². The zero-order valence-corrected chi connectivity index (χ0v) is 17.1. The lowest BCUT2D eigenvalue weighted by Crippen LogP contribution is -2.38. The van der Waals surface area contributed by atoms with Crippen molar-refractivity contribution in [2.75, 3.05) is 33.3 Å². The normalized spacial score (nSPS) is 15.1. The number of benzene rings is 2. The van der Waals surface area contributed by atoms with Gasteiger partial charge in [0.2, 0.25) is 5.91 Å². The molecule has 1 atom stereocenters. The molecule has 0 saturated carbocycles. The lowest BCUT2D eigenvalue weighted by molar-refractivity contribution is -0.118. The number of carbonyl (C=O) groups is 1. The van der Waals surface area contributed by atoms with E-state index in [4.69, 9.17) is 10.5 Å². The highest BCUT2D eigenvalue weighted by Crippen LogP contribution is 2.21. The molecule has 156 valence electrons. The van der Waals surface area contributed by atoms with Crippen molar-refractivity contribution >= 4 is 5.91 Å². The summed E-state index contributed by atoms with van der Waals surface area (Å²) in [7, 11) is 1.95. The van der Waals surface area contributed by atoms with E-state index in [0.717, 1.165) is 30.8 Å². The van der Waals surface area contributed by atoms with Crippen LogP contribution in [0.5, 0.6) is 5.75 Å². The Kier molecular flexibility index (Phi) is 7.63. The molecule has 1 aliphatic heterocycles. The molecular formula is C23H31N3O3. The Morgan fingerprint density at radius 2 is 1.93 bits per heavy atom. The van der Waals surface area contributed by atoms with Gasteiger partial charge in [0, 0.05) is 44.7 Å². The van der Waals surface area contributed by atoms with Crippen molar-refractivity contribution in [1.29, 1.82) is 0 Å². The minimum atomic E-state index is -0.555. The van der Waals surface area contributed by atoms with Crippen molar-refractivity contribution in [3.05, 3.63) is 65.2 Å². The maximum absolute atomic E-state index is 11.0. The summed E-state index contributed by atoms with van der Waals surface area (Å²) in [6.07, 6.45) is 0.794. The van der Waals surface area contributed by atoms with Crippen LogP contribution in [0.15, 0.2) is 48.5 Å². The maximum atomic E-state index is 11.0. The van der Waals surface area contributed by atoms with Gasteiger partial charge in [0.1, 0.15) is 18.5 Å². The third kappa shape index (κ3) is 6.56. The summed E-state index contributed by atoms with van der Waals surface area (Å²) in [6, 6.07) is 16.3. The number of aliphatic hydroxyl groups excluding tert-OH is 1. The number of primary amides is 1. The van der Waals surface area contributed by atoms with Crippen LogP contribution in [0.2, 0.25) is 0 Å². The molecule has 1 aliphatic rings. The number of fused-ring (bicyclic) bond motifs is 1. The van der Waals surface area contributed by atoms with E-state index < -0.39 is 6.10 Å².